The molecule has 1 fully saturated rings. The summed E-state index contributed by atoms with van der Waals surface area (Å²) in [6.07, 6.45) is 3.77. The molecule has 11 heteroatoms. The van der Waals surface area contributed by atoms with Gasteiger partial charge in [-0.2, -0.15) is 0 Å². The molecule has 41 heavy (non-hydrogen) atoms. The monoisotopic (exact) mass is 619 g/mol. The van der Waals surface area contributed by atoms with Crippen molar-refractivity contribution >= 4 is 50.7 Å². The predicted octanol–water partition coefficient (Wildman–Crippen LogP) is 6.11. The van der Waals surface area contributed by atoms with E-state index in [1.165, 1.54) is 35.2 Å². The molecule has 0 saturated heterocycles. The number of carbonyl (C=O) groups excluding carboxylic acids is 2. The molecule has 3 aromatic rings. The number of carbonyl (C=O) groups is 2. The van der Waals surface area contributed by atoms with Crippen molar-refractivity contribution < 1.29 is 22.4 Å². The van der Waals surface area contributed by atoms with Crippen LogP contribution < -0.4 is 9.62 Å². The number of hydrogen-bond donors (Lipinski definition) is 1. The highest BCUT2D eigenvalue weighted by molar-refractivity contribution is 7.92. The molecular formula is C30H32Cl2FN3O4S. The van der Waals surface area contributed by atoms with Crippen LogP contribution in [0.2, 0.25) is 10.0 Å². The Kier molecular flexibility index (Phi) is 9.94. The topological polar surface area (TPSA) is 86.8 Å². The third kappa shape index (κ3) is 7.58. The zero-order valence-corrected chi connectivity index (χ0v) is 25.1. The minimum atomic E-state index is -4.24. The number of benzene rings is 3. The summed E-state index contributed by atoms with van der Waals surface area (Å²) in [6.45, 7) is 2.74. The summed E-state index contributed by atoms with van der Waals surface area (Å²) in [5.74, 6) is -1.53. The summed E-state index contributed by atoms with van der Waals surface area (Å²) in [4.78, 5) is 28.6. The number of amides is 2. The second-order valence-corrected chi connectivity index (χ2v) is 12.9. The summed E-state index contributed by atoms with van der Waals surface area (Å²) in [5.41, 5.74) is 1.51. The van der Waals surface area contributed by atoms with Crippen LogP contribution in [-0.2, 0) is 26.2 Å². The molecule has 0 radical (unpaired) electrons. The number of nitrogens with one attached hydrogen (secondary N) is 1. The first-order valence-corrected chi connectivity index (χ1v) is 15.5. The lowest BCUT2D eigenvalue weighted by Crippen LogP contribution is -2.52. The van der Waals surface area contributed by atoms with Crippen molar-refractivity contribution in [3.63, 3.8) is 0 Å². The van der Waals surface area contributed by atoms with Crippen molar-refractivity contribution in [2.24, 2.45) is 0 Å². The lowest BCUT2D eigenvalue weighted by Gasteiger charge is -2.32. The van der Waals surface area contributed by atoms with Gasteiger partial charge in [0.25, 0.3) is 10.0 Å². The SMILES string of the molecule is Cc1ccc(S(=O)(=O)N(CC(=O)N(Cc2ccc(Cl)cc2Cl)C(C)C(=O)NC2CCCC2)c2ccc(F)cc2)cc1. The van der Waals surface area contributed by atoms with E-state index in [1.54, 1.807) is 31.2 Å². The van der Waals surface area contributed by atoms with E-state index >= 15 is 0 Å². The van der Waals surface area contributed by atoms with Gasteiger partial charge in [0.15, 0.2) is 0 Å². The van der Waals surface area contributed by atoms with Crippen LogP contribution in [-0.4, -0.2) is 43.8 Å². The Morgan fingerprint density at radius 3 is 2.24 bits per heavy atom. The molecule has 3 aromatic carbocycles. The standard InChI is InChI=1S/C30H32Cl2FN3O4S/c1-20-7-15-27(16-8-20)41(39,40)36(26-13-11-24(33)12-14-26)19-29(37)35(18-22-9-10-23(31)17-28(22)32)21(2)30(38)34-25-5-3-4-6-25/h7-17,21,25H,3-6,18-19H2,1-2H3,(H,34,38). The van der Waals surface area contributed by atoms with E-state index in [1.807, 2.05) is 6.92 Å². The maximum atomic E-state index is 14.0. The smallest absolute Gasteiger partial charge is 0.264 e. The fourth-order valence-corrected chi connectivity index (χ4v) is 6.66. The Bertz CT molecular complexity index is 1500. The van der Waals surface area contributed by atoms with Gasteiger partial charge in [-0.05, 0) is 80.8 Å². The van der Waals surface area contributed by atoms with Crippen LogP contribution in [0.25, 0.3) is 0 Å². The van der Waals surface area contributed by atoms with Crippen molar-refractivity contribution in [1.82, 2.24) is 10.2 Å². The molecule has 1 aliphatic carbocycles. The van der Waals surface area contributed by atoms with Crippen molar-refractivity contribution in [3.8, 4) is 0 Å². The van der Waals surface area contributed by atoms with Gasteiger partial charge in [-0.15, -0.1) is 0 Å². The van der Waals surface area contributed by atoms with Crippen LogP contribution in [0.5, 0.6) is 0 Å². The molecule has 1 saturated carbocycles. The third-order valence-electron chi connectivity index (χ3n) is 7.23. The molecule has 1 atom stereocenters. The first-order chi connectivity index (χ1) is 19.5. The Morgan fingerprint density at radius 1 is 1.00 bits per heavy atom. The highest BCUT2D eigenvalue weighted by atomic mass is 35.5. The van der Waals surface area contributed by atoms with Crippen LogP contribution in [0.1, 0.15) is 43.7 Å². The molecule has 4 rings (SSSR count). The normalized spacial score (nSPS) is 14.5. The van der Waals surface area contributed by atoms with Crippen LogP contribution in [0.3, 0.4) is 0 Å². The molecule has 7 nitrogen and oxygen atoms in total. The Morgan fingerprint density at radius 2 is 1.63 bits per heavy atom. The van der Waals surface area contributed by atoms with E-state index in [0.29, 0.717) is 15.6 Å². The van der Waals surface area contributed by atoms with E-state index < -0.39 is 34.3 Å². The Balaban J connectivity index is 1.70. The molecule has 0 spiro atoms. The largest absolute Gasteiger partial charge is 0.352 e. The summed E-state index contributed by atoms with van der Waals surface area (Å²) in [5, 5.41) is 3.73. The van der Waals surface area contributed by atoms with Gasteiger partial charge >= 0.3 is 0 Å². The fourth-order valence-electron chi connectivity index (χ4n) is 4.78. The van der Waals surface area contributed by atoms with Gasteiger partial charge in [0.05, 0.1) is 10.6 Å². The number of halogens is 3. The molecule has 1 N–H and O–H groups in total. The summed E-state index contributed by atoms with van der Waals surface area (Å²) in [6, 6.07) is 15.0. The van der Waals surface area contributed by atoms with E-state index in [9.17, 15) is 22.4 Å². The minimum Gasteiger partial charge on any atom is -0.352 e. The summed E-state index contributed by atoms with van der Waals surface area (Å²) >= 11 is 12.5. The zero-order chi connectivity index (χ0) is 29.7. The van der Waals surface area contributed by atoms with Crippen molar-refractivity contribution in [2.45, 2.75) is 63.1 Å². The van der Waals surface area contributed by atoms with E-state index in [2.05, 4.69) is 5.32 Å². The molecule has 2 amide bonds. The van der Waals surface area contributed by atoms with E-state index in [4.69, 9.17) is 23.2 Å². The van der Waals surface area contributed by atoms with Gasteiger partial charge in [-0.3, -0.25) is 13.9 Å². The van der Waals surface area contributed by atoms with E-state index in [0.717, 1.165) is 47.7 Å². The average molecular weight is 621 g/mol. The number of nitrogens with zero attached hydrogens (tertiary/aromatic N) is 2. The summed E-state index contributed by atoms with van der Waals surface area (Å²) < 4.78 is 42.3. The number of hydrogen-bond acceptors (Lipinski definition) is 4. The number of anilines is 1. The number of aryl methyl sites for hydroxylation is 1. The summed E-state index contributed by atoms with van der Waals surface area (Å²) in [7, 11) is -4.24. The van der Waals surface area contributed by atoms with E-state index in [-0.39, 0.29) is 29.1 Å². The van der Waals surface area contributed by atoms with Gasteiger partial charge < -0.3 is 10.2 Å². The molecule has 0 aliphatic heterocycles. The number of sulfonamides is 1. The highest BCUT2D eigenvalue weighted by Gasteiger charge is 2.33. The molecule has 1 unspecified atom stereocenters. The molecule has 1 aliphatic rings. The Labute approximate surface area is 250 Å². The van der Waals surface area contributed by atoms with Gasteiger partial charge in [-0.1, -0.05) is 59.8 Å². The second-order valence-electron chi connectivity index (χ2n) is 10.2. The quantitative estimate of drug-likeness (QED) is 0.296. The predicted molar refractivity (Wildman–Crippen MR) is 159 cm³/mol. The first kappa shape index (κ1) is 30.8. The average Bonchev–Trinajstić information content (AvgIpc) is 3.44. The fraction of sp³-hybridized carbons (Fsp3) is 0.333. The molecule has 0 aromatic heterocycles. The van der Waals surface area contributed by atoms with Crippen molar-refractivity contribution in [3.05, 3.63) is 93.7 Å². The maximum Gasteiger partial charge on any atom is 0.264 e. The molecule has 0 bridgehead atoms. The second kappa shape index (κ2) is 13.2. The van der Waals surface area contributed by atoms with Crippen LogP contribution in [0.15, 0.2) is 71.6 Å². The van der Waals surface area contributed by atoms with Crippen molar-refractivity contribution in [1.29, 1.82) is 0 Å². The van der Waals surface area contributed by atoms with Gasteiger partial charge in [0.1, 0.15) is 18.4 Å². The maximum absolute atomic E-state index is 14.0. The third-order valence-corrected chi connectivity index (χ3v) is 9.60. The Hall–Kier alpha value is -3.14. The van der Waals surface area contributed by atoms with Gasteiger partial charge in [0.2, 0.25) is 11.8 Å². The minimum absolute atomic E-state index is 0.0265. The van der Waals surface area contributed by atoms with Crippen LogP contribution in [0, 0.1) is 12.7 Å². The van der Waals surface area contributed by atoms with Crippen molar-refractivity contribution in [2.75, 3.05) is 10.8 Å². The molecule has 218 valence electrons. The zero-order valence-electron chi connectivity index (χ0n) is 22.8. The lowest BCUT2D eigenvalue weighted by atomic mass is 10.1. The molecular weight excluding hydrogens is 588 g/mol. The van der Waals surface area contributed by atoms with Crippen LogP contribution in [0.4, 0.5) is 10.1 Å². The highest BCUT2D eigenvalue weighted by Crippen LogP contribution is 2.27. The van der Waals surface area contributed by atoms with Gasteiger partial charge in [0, 0.05) is 22.6 Å². The molecule has 0 heterocycles. The number of rotatable bonds is 10. The lowest BCUT2D eigenvalue weighted by molar-refractivity contribution is -0.139. The van der Waals surface area contributed by atoms with Crippen LogP contribution >= 0.6 is 23.2 Å². The van der Waals surface area contributed by atoms with Gasteiger partial charge in [-0.25, -0.2) is 12.8 Å². The first-order valence-electron chi connectivity index (χ1n) is 13.3.